The number of ether oxygens (including phenoxy) is 3. The molecule has 1 saturated carbocycles. The van der Waals surface area contributed by atoms with Crippen LogP contribution in [0.5, 0.6) is 11.5 Å². The van der Waals surface area contributed by atoms with Crippen molar-refractivity contribution in [3.8, 4) is 11.5 Å². The van der Waals surface area contributed by atoms with E-state index in [9.17, 15) is 0 Å². The van der Waals surface area contributed by atoms with Crippen LogP contribution in [-0.2, 0) is 11.3 Å². The van der Waals surface area contributed by atoms with E-state index >= 15 is 0 Å². The van der Waals surface area contributed by atoms with E-state index in [2.05, 4.69) is 12.2 Å². The van der Waals surface area contributed by atoms with Crippen LogP contribution in [0.4, 0.5) is 0 Å². The predicted octanol–water partition coefficient (Wildman–Crippen LogP) is 2.57. The van der Waals surface area contributed by atoms with Crippen LogP contribution in [0.2, 0.25) is 0 Å². The third-order valence-electron chi connectivity index (χ3n) is 3.16. The van der Waals surface area contributed by atoms with E-state index in [1.165, 1.54) is 18.4 Å². The summed E-state index contributed by atoms with van der Waals surface area (Å²) in [6.07, 6.45) is 2.59. The van der Waals surface area contributed by atoms with E-state index in [1.54, 1.807) is 7.11 Å². The maximum absolute atomic E-state index is 5.60. The second-order valence-electron chi connectivity index (χ2n) is 4.84. The summed E-state index contributed by atoms with van der Waals surface area (Å²) in [7, 11) is 1.66. The molecule has 0 saturated heterocycles. The van der Waals surface area contributed by atoms with Crippen LogP contribution < -0.4 is 14.8 Å². The Morgan fingerprint density at radius 1 is 1.26 bits per heavy atom. The fourth-order valence-corrected chi connectivity index (χ4v) is 1.81. The zero-order valence-corrected chi connectivity index (χ0v) is 11.8. The monoisotopic (exact) mass is 265 g/mol. The molecule has 19 heavy (non-hydrogen) atoms. The molecule has 0 heterocycles. The molecule has 1 N–H and O–H groups in total. The maximum Gasteiger partial charge on any atom is 0.189 e. The van der Waals surface area contributed by atoms with Crippen LogP contribution in [0.3, 0.4) is 0 Å². The smallest absolute Gasteiger partial charge is 0.189 e. The lowest BCUT2D eigenvalue weighted by atomic mass is 10.2. The second-order valence-corrected chi connectivity index (χ2v) is 4.84. The zero-order valence-electron chi connectivity index (χ0n) is 11.8. The van der Waals surface area contributed by atoms with Crippen molar-refractivity contribution >= 4 is 0 Å². The molecule has 4 nitrogen and oxygen atoms in total. The lowest BCUT2D eigenvalue weighted by Crippen LogP contribution is -2.12. The van der Waals surface area contributed by atoms with Crippen LogP contribution >= 0.6 is 0 Å². The minimum atomic E-state index is 0.291. The number of hydrogen-bond acceptors (Lipinski definition) is 4. The molecule has 2 rings (SSSR count). The van der Waals surface area contributed by atoms with Crippen molar-refractivity contribution in [3.05, 3.63) is 23.8 Å². The summed E-state index contributed by atoms with van der Waals surface area (Å²) < 4.78 is 16.4. The predicted molar refractivity (Wildman–Crippen MR) is 74.5 cm³/mol. The Hall–Kier alpha value is -1.26. The number of nitrogens with one attached hydrogen (secondary N) is 1. The van der Waals surface area contributed by atoms with Crippen LogP contribution in [0.25, 0.3) is 0 Å². The summed E-state index contributed by atoms with van der Waals surface area (Å²) in [5.74, 6) is 2.25. The molecule has 1 aromatic carbocycles. The van der Waals surface area contributed by atoms with Crippen LogP contribution in [0.15, 0.2) is 18.2 Å². The molecule has 1 aliphatic carbocycles. The second kappa shape index (κ2) is 7.36. The molecule has 0 unspecified atom stereocenters. The molecule has 0 spiro atoms. The normalized spacial score (nSPS) is 14.4. The van der Waals surface area contributed by atoms with E-state index < -0.39 is 0 Å². The Balaban J connectivity index is 1.83. The molecule has 0 atom stereocenters. The Kier molecular flexibility index (Phi) is 5.48. The summed E-state index contributed by atoms with van der Waals surface area (Å²) in [6.45, 7) is 4.98. The van der Waals surface area contributed by atoms with Crippen molar-refractivity contribution in [2.24, 2.45) is 5.92 Å². The standard InChI is InChI=1S/C15H23NO3/c1-3-16-9-13-6-7-14(15(8-13)17-2)19-11-18-10-12-4-5-12/h6-8,12,16H,3-5,9-11H2,1-2H3. The zero-order chi connectivity index (χ0) is 13.5. The maximum atomic E-state index is 5.60. The Morgan fingerprint density at radius 2 is 2.11 bits per heavy atom. The van der Waals surface area contributed by atoms with Gasteiger partial charge in [0, 0.05) is 6.54 Å². The lowest BCUT2D eigenvalue weighted by Gasteiger charge is -2.12. The van der Waals surface area contributed by atoms with Gasteiger partial charge in [0.15, 0.2) is 18.3 Å². The number of benzene rings is 1. The highest BCUT2D eigenvalue weighted by molar-refractivity contribution is 5.42. The van der Waals surface area contributed by atoms with Crippen molar-refractivity contribution in [3.63, 3.8) is 0 Å². The molecule has 1 aliphatic rings. The first-order valence-corrected chi connectivity index (χ1v) is 6.91. The third-order valence-corrected chi connectivity index (χ3v) is 3.16. The first-order valence-electron chi connectivity index (χ1n) is 6.91. The Labute approximate surface area is 115 Å². The van der Waals surface area contributed by atoms with Crippen LogP contribution in [0, 0.1) is 5.92 Å². The third kappa shape index (κ3) is 4.73. The number of hydrogen-bond donors (Lipinski definition) is 1. The van der Waals surface area contributed by atoms with Crippen molar-refractivity contribution < 1.29 is 14.2 Å². The molecule has 106 valence electrons. The van der Waals surface area contributed by atoms with Crippen LogP contribution in [-0.4, -0.2) is 27.1 Å². The SMILES string of the molecule is CCNCc1ccc(OCOCC2CC2)c(OC)c1. The summed E-state index contributed by atoms with van der Waals surface area (Å²) in [4.78, 5) is 0. The van der Waals surface area contributed by atoms with Gasteiger partial charge in [0.1, 0.15) is 0 Å². The van der Waals surface area contributed by atoms with Crippen molar-refractivity contribution in [2.45, 2.75) is 26.3 Å². The van der Waals surface area contributed by atoms with Gasteiger partial charge in [-0.15, -0.1) is 0 Å². The van der Waals surface area contributed by atoms with Crippen LogP contribution in [0.1, 0.15) is 25.3 Å². The molecular formula is C15H23NO3. The lowest BCUT2D eigenvalue weighted by molar-refractivity contribution is 0.00865. The van der Waals surface area contributed by atoms with Gasteiger partial charge in [0.25, 0.3) is 0 Å². The van der Waals surface area contributed by atoms with E-state index in [0.717, 1.165) is 37.1 Å². The largest absolute Gasteiger partial charge is 0.493 e. The average molecular weight is 265 g/mol. The van der Waals surface area contributed by atoms with Gasteiger partial charge < -0.3 is 19.5 Å². The fraction of sp³-hybridized carbons (Fsp3) is 0.600. The quantitative estimate of drug-likeness (QED) is 0.550. The summed E-state index contributed by atoms with van der Waals surface area (Å²) in [6, 6.07) is 5.98. The van der Waals surface area contributed by atoms with Gasteiger partial charge in [0.2, 0.25) is 0 Å². The van der Waals surface area contributed by atoms with Gasteiger partial charge in [-0.3, -0.25) is 0 Å². The highest BCUT2D eigenvalue weighted by Gasteiger charge is 2.21. The summed E-state index contributed by atoms with van der Waals surface area (Å²) in [5.41, 5.74) is 1.19. The van der Waals surface area contributed by atoms with Crippen molar-refractivity contribution in [1.29, 1.82) is 0 Å². The molecule has 0 bridgehead atoms. The average Bonchev–Trinajstić information content (AvgIpc) is 3.26. The Bertz CT molecular complexity index is 391. The molecule has 0 aliphatic heterocycles. The minimum absolute atomic E-state index is 0.291. The fourth-order valence-electron chi connectivity index (χ4n) is 1.81. The van der Waals surface area contributed by atoms with E-state index in [0.29, 0.717) is 6.79 Å². The molecule has 4 heteroatoms. The van der Waals surface area contributed by atoms with E-state index in [-0.39, 0.29) is 0 Å². The van der Waals surface area contributed by atoms with Gasteiger partial charge >= 0.3 is 0 Å². The molecule has 0 aromatic heterocycles. The molecule has 1 fully saturated rings. The topological polar surface area (TPSA) is 39.7 Å². The minimum Gasteiger partial charge on any atom is -0.493 e. The van der Waals surface area contributed by atoms with Crippen molar-refractivity contribution in [1.82, 2.24) is 5.32 Å². The number of rotatable bonds is 9. The molecule has 0 radical (unpaired) electrons. The summed E-state index contributed by atoms with van der Waals surface area (Å²) >= 11 is 0. The molecular weight excluding hydrogens is 242 g/mol. The first-order chi connectivity index (χ1) is 9.33. The highest BCUT2D eigenvalue weighted by atomic mass is 16.7. The summed E-state index contributed by atoms with van der Waals surface area (Å²) in [5, 5.41) is 3.29. The van der Waals surface area contributed by atoms with Gasteiger partial charge in [-0.1, -0.05) is 13.0 Å². The van der Waals surface area contributed by atoms with E-state index in [4.69, 9.17) is 14.2 Å². The number of methoxy groups -OCH3 is 1. The molecule has 0 amide bonds. The molecule has 1 aromatic rings. The highest BCUT2D eigenvalue weighted by Crippen LogP contribution is 2.30. The van der Waals surface area contributed by atoms with Gasteiger partial charge in [-0.25, -0.2) is 0 Å². The van der Waals surface area contributed by atoms with Gasteiger partial charge in [-0.2, -0.15) is 0 Å². The van der Waals surface area contributed by atoms with Gasteiger partial charge in [-0.05, 0) is 43.0 Å². The van der Waals surface area contributed by atoms with E-state index in [1.807, 2.05) is 18.2 Å². The Morgan fingerprint density at radius 3 is 2.79 bits per heavy atom. The first kappa shape index (κ1) is 14.2. The van der Waals surface area contributed by atoms with Crippen molar-refractivity contribution in [2.75, 3.05) is 27.1 Å². The van der Waals surface area contributed by atoms with Gasteiger partial charge in [0.05, 0.1) is 13.7 Å².